The average Bonchev–Trinajstić information content (AvgIpc) is 2.92. The van der Waals surface area contributed by atoms with Gasteiger partial charge in [0.1, 0.15) is 0 Å². The van der Waals surface area contributed by atoms with Gasteiger partial charge in [-0.15, -0.1) is 10.2 Å². The molecule has 0 N–H and O–H groups in total. The summed E-state index contributed by atoms with van der Waals surface area (Å²) in [5.74, 6) is 2.32. The van der Waals surface area contributed by atoms with Crippen LogP contribution in [0.3, 0.4) is 0 Å². The number of ether oxygens (including phenoxy) is 2. The molecule has 3 atom stereocenters. The second kappa shape index (κ2) is 5.03. The van der Waals surface area contributed by atoms with Crippen molar-refractivity contribution >= 4 is 0 Å². The number of rotatable bonds is 2. The molecule has 1 aromatic rings. The van der Waals surface area contributed by atoms with Gasteiger partial charge < -0.3 is 13.9 Å². The number of nitrogens with zero attached hydrogens (tertiary/aromatic N) is 2. The molecule has 3 aliphatic rings. The van der Waals surface area contributed by atoms with E-state index >= 15 is 0 Å². The lowest BCUT2D eigenvalue weighted by Gasteiger charge is -2.29. The highest BCUT2D eigenvalue weighted by molar-refractivity contribution is 5.17. The molecule has 5 heteroatoms. The molecule has 2 aliphatic heterocycles. The van der Waals surface area contributed by atoms with Gasteiger partial charge in [0, 0.05) is 25.7 Å². The summed E-state index contributed by atoms with van der Waals surface area (Å²) in [6.45, 7) is 9.18. The molecule has 1 saturated carbocycles. The van der Waals surface area contributed by atoms with Crippen molar-refractivity contribution in [3.8, 4) is 0 Å². The Hall–Kier alpha value is -0.940. The molecule has 122 valence electrons. The fourth-order valence-electron chi connectivity index (χ4n) is 4.26. The first-order valence-electron chi connectivity index (χ1n) is 8.52. The van der Waals surface area contributed by atoms with Gasteiger partial charge in [-0.1, -0.05) is 20.8 Å². The maximum Gasteiger partial charge on any atom is 0.222 e. The zero-order valence-electron chi connectivity index (χ0n) is 13.8. The van der Waals surface area contributed by atoms with Gasteiger partial charge in [-0.05, 0) is 36.5 Å². The predicted molar refractivity (Wildman–Crippen MR) is 80.7 cm³/mol. The summed E-state index contributed by atoms with van der Waals surface area (Å²) in [4.78, 5) is 0. The molecular formula is C17H26N2O3. The van der Waals surface area contributed by atoms with E-state index in [-0.39, 0.29) is 17.4 Å². The zero-order chi connectivity index (χ0) is 15.4. The average molecular weight is 306 g/mol. The van der Waals surface area contributed by atoms with Crippen LogP contribution in [0, 0.1) is 10.8 Å². The van der Waals surface area contributed by atoms with Gasteiger partial charge in [0.15, 0.2) is 0 Å². The van der Waals surface area contributed by atoms with E-state index in [0.29, 0.717) is 11.3 Å². The fourth-order valence-corrected chi connectivity index (χ4v) is 4.26. The molecule has 3 heterocycles. The van der Waals surface area contributed by atoms with E-state index < -0.39 is 0 Å². The topological polar surface area (TPSA) is 57.4 Å². The van der Waals surface area contributed by atoms with E-state index in [1.54, 1.807) is 0 Å². The van der Waals surface area contributed by atoms with E-state index in [1.165, 1.54) is 6.42 Å². The van der Waals surface area contributed by atoms with Crippen LogP contribution in [0.4, 0.5) is 0 Å². The molecule has 22 heavy (non-hydrogen) atoms. The second-order valence-electron chi connectivity index (χ2n) is 8.26. The number of aromatic nitrogens is 2. The lowest BCUT2D eigenvalue weighted by molar-refractivity contribution is 0.0169. The van der Waals surface area contributed by atoms with Crippen molar-refractivity contribution in [1.29, 1.82) is 0 Å². The Bertz CT molecular complexity index is 542. The second-order valence-corrected chi connectivity index (χ2v) is 8.26. The Morgan fingerprint density at radius 3 is 2.50 bits per heavy atom. The summed E-state index contributed by atoms with van der Waals surface area (Å²) in [5, 5.41) is 8.75. The van der Waals surface area contributed by atoms with Crippen molar-refractivity contribution < 1.29 is 13.9 Å². The van der Waals surface area contributed by atoms with Crippen LogP contribution in [-0.4, -0.2) is 36.1 Å². The van der Waals surface area contributed by atoms with Crippen LogP contribution in [0.25, 0.3) is 0 Å². The third-order valence-corrected chi connectivity index (χ3v) is 5.70. The highest BCUT2D eigenvalue weighted by Crippen LogP contribution is 2.64. The summed E-state index contributed by atoms with van der Waals surface area (Å²) >= 11 is 0. The van der Waals surface area contributed by atoms with Gasteiger partial charge in [-0.3, -0.25) is 0 Å². The van der Waals surface area contributed by atoms with Gasteiger partial charge in [0.25, 0.3) is 0 Å². The molecule has 2 saturated heterocycles. The van der Waals surface area contributed by atoms with Gasteiger partial charge in [-0.25, -0.2) is 0 Å². The largest absolute Gasteiger partial charge is 0.425 e. The highest BCUT2D eigenvalue weighted by atomic mass is 16.5. The molecule has 1 unspecified atom stereocenters. The van der Waals surface area contributed by atoms with Crippen LogP contribution in [-0.2, 0) is 9.47 Å². The van der Waals surface area contributed by atoms with Crippen molar-refractivity contribution in [2.24, 2.45) is 10.8 Å². The van der Waals surface area contributed by atoms with Crippen LogP contribution < -0.4 is 0 Å². The monoisotopic (exact) mass is 306 g/mol. The van der Waals surface area contributed by atoms with Crippen LogP contribution >= 0.6 is 0 Å². The summed E-state index contributed by atoms with van der Waals surface area (Å²) in [6.07, 6.45) is 4.59. The standard InChI is InChI=1S/C17H26N2O3/c1-16(2,3)13-11(4-7-21-13)14-18-19-15(22-14)12-10-17(12)5-8-20-9-6-17/h11-13H,4-10H2,1-3H3/t11-,12?,13-/m1/s1. The van der Waals surface area contributed by atoms with Crippen molar-refractivity contribution in [2.75, 3.05) is 19.8 Å². The highest BCUT2D eigenvalue weighted by Gasteiger charge is 2.58. The van der Waals surface area contributed by atoms with Crippen molar-refractivity contribution in [2.45, 2.75) is 64.4 Å². The lowest BCUT2D eigenvalue weighted by Crippen LogP contribution is -2.30. The van der Waals surface area contributed by atoms with Gasteiger partial charge in [0.05, 0.1) is 12.0 Å². The minimum Gasteiger partial charge on any atom is -0.425 e. The Labute approximate surface area is 131 Å². The van der Waals surface area contributed by atoms with Crippen LogP contribution in [0.15, 0.2) is 4.42 Å². The maximum atomic E-state index is 6.10. The van der Waals surface area contributed by atoms with Crippen LogP contribution in [0.5, 0.6) is 0 Å². The van der Waals surface area contributed by atoms with Crippen LogP contribution in [0.1, 0.15) is 70.1 Å². The molecule has 0 aromatic carbocycles. The Kier molecular flexibility index (Phi) is 3.35. The Morgan fingerprint density at radius 1 is 1.05 bits per heavy atom. The van der Waals surface area contributed by atoms with Crippen molar-refractivity contribution in [3.63, 3.8) is 0 Å². The van der Waals surface area contributed by atoms with Crippen molar-refractivity contribution in [3.05, 3.63) is 11.8 Å². The van der Waals surface area contributed by atoms with E-state index in [4.69, 9.17) is 13.9 Å². The minimum atomic E-state index is 0.0946. The minimum absolute atomic E-state index is 0.0946. The molecule has 4 rings (SSSR count). The summed E-state index contributed by atoms with van der Waals surface area (Å²) < 4.78 is 17.5. The molecule has 0 amide bonds. The molecular weight excluding hydrogens is 280 g/mol. The SMILES string of the molecule is CC(C)(C)[C@@H]1OCC[C@H]1c1nnc(C2CC23CCOCC3)o1. The molecule has 0 bridgehead atoms. The Balaban J connectivity index is 1.50. The molecule has 5 nitrogen and oxygen atoms in total. The maximum absolute atomic E-state index is 6.10. The number of hydrogen-bond acceptors (Lipinski definition) is 5. The molecule has 1 spiro atoms. The van der Waals surface area contributed by atoms with E-state index in [9.17, 15) is 0 Å². The fraction of sp³-hybridized carbons (Fsp3) is 0.882. The first-order chi connectivity index (χ1) is 10.5. The molecule has 1 aromatic heterocycles. The molecule has 3 fully saturated rings. The van der Waals surface area contributed by atoms with Crippen molar-refractivity contribution in [1.82, 2.24) is 10.2 Å². The van der Waals surface area contributed by atoms with E-state index in [2.05, 4.69) is 31.0 Å². The summed E-state index contributed by atoms with van der Waals surface area (Å²) in [7, 11) is 0. The lowest BCUT2D eigenvalue weighted by atomic mass is 9.81. The first kappa shape index (κ1) is 14.6. The first-order valence-corrected chi connectivity index (χ1v) is 8.52. The van der Waals surface area contributed by atoms with E-state index in [1.807, 2.05) is 0 Å². The third kappa shape index (κ3) is 2.38. The summed E-state index contributed by atoms with van der Waals surface area (Å²) in [6, 6.07) is 0. The zero-order valence-corrected chi connectivity index (χ0v) is 13.8. The van der Waals surface area contributed by atoms with Crippen LogP contribution in [0.2, 0.25) is 0 Å². The quantitative estimate of drug-likeness (QED) is 0.839. The van der Waals surface area contributed by atoms with E-state index in [0.717, 1.165) is 50.9 Å². The molecule has 0 radical (unpaired) electrons. The van der Waals surface area contributed by atoms with Gasteiger partial charge >= 0.3 is 0 Å². The predicted octanol–water partition coefficient (Wildman–Crippen LogP) is 3.27. The molecule has 1 aliphatic carbocycles. The normalized spacial score (nSPS) is 34.2. The summed E-state index contributed by atoms with van der Waals surface area (Å²) in [5.41, 5.74) is 0.481. The van der Waals surface area contributed by atoms with Gasteiger partial charge in [0.2, 0.25) is 11.8 Å². The smallest absolute Gasteiger partial charge is 0.222 e. The third-order valence-electron chi connectivity index (χ3n) is 5.70. The Morgan fingerprint density at radius 2 is 1.77 bits per heavy atom. The van der Waals surface area contributed by atoms with Gasteiger partial charge in [-0.2, -0.15) is 0 Å². The number of hydrogen-bond donors (Lipinski definition) is 0.